The number of sulfonamides is 1. The zero-order valence-corrected chi connectivity index (χ0v) is 22.3. The molecule has 5 nitrogen and oxygen atoms in total. The first-order valence-electron chi connectivity index (χ1n) is 11.8. The van der Waals surface area contributed by atoms with Crippen LogP contribution in [0, 0.1) is 6.92 Å². The number of nitrogens with one attached hydrogen (secondary N) is 2. The zero-order chi connectivity index (χ0) is 25.6. The quantitative estimate of drug-likeness (QED) is 0.213. The highest BCUT2D eigenvalue weighted by Crippen LogP contribution is 2.44. The van der Waals surface area contributed by atoms with Crippen LogP contribution >= 0.6 is 15.9 Å². The van der Waals surface area contributed by atoms with Crippen molar-refractivity contribution < 1.29 is 12.8 Å². The number of hydrogen-bond donors (Lipinski definition) is 2. The smallest absolute Gasteiger partial charge is 0.262 e. The molecule has 6 rings (SSSR count). The number of aryl methyl sites for hydroxylation is 1. The Morgan fingerprint density at radius 3 is 2.38 bits per heavy atom. The van der Waals surface area contributed by atoms with Crippen LogP contribution < -0.4 is 4.72 Å². The van der Waals surface area contributed by atoms with Crippen molar-refractivity contribution in [2.24, 2.45) is 0 Å². The minimum absolute atomic E-state index is 0.195. The summed E-state index contributed by atoms with van der Waals surface area (Å²) in [5.41, 5.74) is 4.99. The van der Waals surface area contributed by atoms with Crippen LogP contribution in [0.15, 0.2) is 117 Å². The SMILES string of the molecule is Cc1ccc(S(=O)(=O)Nc2c(C(c3cccc(Br)c3)c3c[nH]c4ccccc34)oc3ccccc23)cc1. The molecule has 0 aliphatic carbocycles. The van der Waals surface area contributed by atoms with Crippen molar-refractivity contribution >= 4 is 53.5 Å². The van der Waals surface area contributed by atoms with Gasteiger partial charge in [-0.2, -0.15) is 0 Å². The molecule has 37 heavy (non-hydrogen) atoms. The maximum Gasteiger partial charge on any atom is 0.262 e. The number of halogens is 1. The van der Waals surface area contributed by atoms with Crippen molar-refractivity contribution in [1.82, 2.24) is 4.98 Å². The van der Waals surface area contributed by atoms with Gasteiger partial charge in [0.25, 0.3) is 10.0 Å². The number of rotatable bonds is 6. The van der Waals surface area contributed by atoms with E-state index in [4.69, 9.17) is 4.42 Å². The van der Waals surface area contributed by atoms with Crippen LogP contribution in [0.3, 0.4) is 0 Å². The van der Waals surface area contributed by atoms with Crippen LogP contribution in [0.2, 0.25) is 0 Å². The maximum absolute atomic E-state index is 13.6. The van der Waals surface area contributed by atoms with E-state index in [0.717, 1.165) is 32.1 Å². The summed E-state index contributed by atoms with van der Waals surface area (Å²) >= 11 is 3.60. The standard InChI is InChI=1S/C30H23BrN2O3S/c1-19-13-15-22(16-14-19)37(34,35)33-29-24-10-3-5-12-27(24)36-30(29)28(20-7-6-8-21(31)17-20)25-18-32-26-11-4-2-9-23(25)26/h2-18,28,32-33H,1H3. The second-order valence-electron chi connectivity index (χ2n) is 9.03. The molecule has 0 amide bonds. The van der Waals surface area contributed by atoms with E-state index in [1.165, 1.54) is 0 Å². The molecule has 0 aliphatic rings. The van der Waals surface area contributed by atoms with E-state index in [-0.39, 0.29) is 10.8 Å². The number of benzene rings is 4. The molecule has 0 fully saturated rings. The second kappa shape index (κ2) is 9.25. The highest BCUT2D eigenvalue weighted by atomic mass is 79.9. The number of para-hydroxylation sites is 2. The minimum atomic E-state index is -3.88. The van der Waals surface area contributed by atoms with Gasteiger partial charge >= 0.3 is 0 Å². The lowest BCUT2D eigenvalue weighted by Gasteiger charge is -2.18. The Hall–Kier alpha value is -3.81. The Kier molecular flexibility index (Phi) is 5.89. The Morgan fingerprint density at radius 2 is 1.59 bits per heavy atom. The van der Waals surface area contributed by atoms with E-state index in [0.29, 0.717) is 22.4 Å². The van der Waals surface area contributed by atoms with Gasteiger partial charge in [-0.3, -0.25) is 4.72 Å². The number of aromatic nitrogens is 1. The lowest BCUT2D eigenvalue weighted by Crippen LogP contribution is -2.15. The highest BCUT2D eigenvalue weighted by Gasteiger charge is 2.30. The molecule has 2 heterocycles. The highest BCUT2D eigenvalue weighted by molar-refractivity contribution is 9.10. The topological polar surface area (TPSA) is 75.1 Å². The summed E-state index contributed by atoms with van der Waals surface area (Å²) in [5, 5.41) is 1.74. The van der Waals surface area contributed by atoms with Gasteiger partial charge in [0.05, 0.1) is 16.5 Å². The molecule has 1 unspecified atom stereocenters. The molecular formula is C30H23BrN2O3S. The van der Waals surface area contributed by atoms with Crippen molar-refractivity contribution in [1.29, 1.82) is 0 Å². The van der Waals surface area contributed by atoms with Crippen molar-refractivity contribution in [3.05, 3.63) is 130 Å². The fourth-order valence-electron chi connectivity index (χ4n) is 4.77. The molecule has 2 aromatic heterocycles. The summed E-state index contributed by atoms with van der Waals surface area (Å²) in [4.78, 5) is 3.56. The van der Waals surface area contributed by atoms with E-state index in [2.05, 4.69) is 31.7 Å². The van der Waals surface area contributed by atoms with Gasteiger partial charge < -0.3 is 9.40 Å². The van der Waals surface area contributed by atoms with E-state index in [9.17, 15) is 8.42 Å². The third-order valence-electron chi connectivity index (χ3n) is 6.57. The minimum Gasteiger partial charge on any atom is -0.458 e. The largest absolute Gasteiger partial charge is 0.458 e. The van der Waals surface area contributed by atoms with Gasteiger partial charge in [0.1, 0.15) is 11.3 Å². The molecule has 0 saturated heterocycles. The number of anilines is 1. The lowest BCUT2D eigenvalue weighted by atomic mass is 9.88. The van der Waals surface area contributed by atoms with Crippen molar-refractivity contribution in [2.45, 2.75) is 17.7 Å². The van der Waals surface area contributed by atoms with Gasteiger partial charge in [0.15, 0.2) is 0 Å². The zero-order valence-electron chi connectivity index (χ0n) is 19.9. The second-order valence-corrected chi connectivity index (χ2v) is 11.6. The molecule has 4 aromatic carbocycles. The summed E-state index contributed by atoms with van der Waals surface area (Å²) in [7, 11) is -3.88. The Balaban J connectivity index is 1.60. The molecule has 0 saturated carbocycles. The average molecular weight is 571 g/mol. The number of hydrogen-bond acceptors (Lipinski definition) is 3. The van der Waals surface area contributed by atoms with Crippen LogP contribution in [-0.4, -0.2) is 13.4 Å². The summed E-state index contributed by atoms with van der Waals surface area (Å²) in [6, 6.07) is 30.4. The van der Waals surface area contributed by atoms with Crippen LogP contribution in [0.1, 0.15) is 28.4 Å². The van der Waals surface area contributed by atoms with Crippen LogP contribution in [0.4, 0.5) is 5.69 Å². The van der Waals surface area contributed by atoms with Crippen LogP contribution in [0.25, 0.3) is 21.9 Å². The predicted molar refractivity (Wildman–Crippen MR) is 152 cm³/mol. The molecular weight excluding hydrogens is 548 g/mol. The molecule has 2 N–H and O–H groups in total. The summed E-state index contributed by atoms with van der Waals surface area (Å²) in [6.07, 6.45) is 1.97. The van der Waals surface area contributed by atoms with Gasteiger partial charge in [0.2, 0.25) is 0 Å². The van der Waals surface area contributed by atoms with Crippen molar-refractivity contribution in [2.75, 3.05) is 4.72 Å². The summed E-state index contributed by atoms with van der Waals surface area (Å²) in [5.74, 6) is 0.150. The molecule has 1 atom stereocenters. The van der Waals surface area contributed by atoms with E-state index in [1.54, 1.807) is 24.3 Å². The number of fused-ring (bicyclic) bond motifs is 2. The first-order chi connectivity index (χ1) is 17.9. The fourth-order valence-corrected chi connectivity index (χ4v) is 6.28. The molecule has 0 bridgehead atoms. The van der Waals surface area contributed by atoms with Gasteiger partial charge in [-0.1, -0.05) is 76.1 Å². The number of furan rings is 1. The van der Waals surface area contributed by atoms with Gasteiger partial charge in [-0.25, -0.2) is 8.42 Å². The third kappa shape index (κ3) is 4.34. The fraction of sp³-hybridized carbons (Fsp3) is 0.0667. The molecule has 0 aliphatic heterocycles. The average Bonchev–Trinajstić information content (AvgIpc) is 3.47. The van der Waals surface area contributed by atoms with Gasteiger partial charge in [0, 0.05) is 27.0 Å². The van der Waals surface area contributed by atoms with E-state index >= 15 is 0 Å². The van der Waals surface area contributed by atoms with E-state index in [1.807, 2.05) is 79.9 Å². The van der Waals surface area contributed by atoms with Crippen molar-refractivity contribution in [3.8, 4) is 0 Å². The Labute approximate surface area is 223 Å². The third-order valence-corrected chi connectivity index (χ3v) is 8.43. The predicted octanol–water partition coefficient (Wildman–Crippen LogP) is 7.97. The first kappa shape index (κ1) is 23.6. The number of aromatic amines is 1. The Bertz CT molecular complexity index is 1850. The summed E-state index contributed by atoms with van der Waals surface area (Å²) in [6.45, 7) is 1.93. The van der Waals surface area contributed by atoms with Crippen molar-refractivity contribution in [3.63, 3.8) is 0 Å². The van der Waals surface area contributed by atoms with Gasteiger partial charge in [-0.15, -0.1) is 0 Å². The normalized spacial score (nSPS) is 12.7. The maximum atomic E-state index is 13.6. The molecule has 184 valence electrons. The van der Waals surface area contributed by atoms with Gasteiger partial charge in [-0.05, 0) is 60.5 Å². The van der Waals surface area contributed by atoms with Crippen LogP contribution in [-0.2, 0) is 10.0 Å². The lowest BCUT2D eigenvalue weighted by molar-refractivity contribution is 0.544. The molecule has 0 radical (unpaired) electrons. The monoisotopic (exact) mass is 570 g/mol. The van der Waals surface area contributed by atoms with Crippen LogP contribution in [0.5, 0.6) is 0 Å². The molecule has 6 aromatic rings. The molecule has 7 heteroatoms. The summed E-state index contributed by atoms with van der Waals surface area (Å²) < 4.78 is 37.4. The molecule has 0 spiro atoms. The number of H-pyrrole nitrogens is 1. The van der Waals surface area contributed by atoms with E-state index < -0.39 is 10.0 Å². The Morgan fingerprint density at radius 1 is 0.865 bits per heavy atom. The first-order valence-corrected chi connectivity index (χ1v) is 14.1.